The number of rotatable bonds is 6. The van der Waals surface area contributed by atoms with E-state index < -0.39 is 0 Å². The largest absolute Gasteiger partial charge is 0.497 e. The minimum Gasteiger partial charge on any atom is -0.497 e. The molecule has 1 heterocycles. The average Bonchev–Trinajstić information content (AvgIpc) is 2.91. The van der Waals surface area contributed by atoms with Gasteiger partial charge in [0.05, 0.1) is 17.8 Å². The summed E-state index contributed by atoms with van der Waals surface area (Å²) in [5.74, 6) is 1.37. The second-order valence-corrected chi connectivity index (χ2v) is 5.87. The molecule has 0 fully saturated rings. The SMILES string of the molecule is COc1ccc(NC(=O)NCCSc2nccn2C)c(Cl)c1. The van der Waals surface area contributed by atoms with Gasteiger partial charge in [0.15, 0.2) is 5.16 Å². The highest BCUT2D eigenvalue weighted by atomic mass is 35.5. The van der Waals surface area contributed by atoms with Crippen LogP contribution in [0.3, 0.4) is 0 Å². The third-order valence-electron chi connectivity index (χ3n) is 2.82. The van der Waals surface area contributed by atoms with Gasteiger partial charge < -0.3 is 19.9 Å². The minimum absolute atomic E-state index is 0.299. The molecule has 0 bridgehead atoms. The van der Waals surface area contributed by atoms with Crippen molar-refractivity contribution in [2.45, 2.75) is 5.16 Å². The van der Waals surface area contributed by atoms with Crippen LogP contribution in [0, 0.1) is 0 Å². The van der Waals surface area contributed by atoms with Crippen LogP contribution in [0.15, 0.2) is 35.7 Å². The van der Waals surface area contributed by atoms with Crippen molar-refractivity contribution in [2.75, 3.05) is 24.7 Å². The van der Waals surface area contributed by atoms with E-state index in [1.807, 2.05) is 17.8 Å². The summed E-state index contributed by atoms with van der Waals surface area (Å²) in [5.41, 5.74) is 0.539. The van der Waals surface area contributed by atoms with E-state index >= 15 is 0 Å². The number of nitrogens with zero attached hydrogens (tertiary/aromatic N) is 2. The van der Waals surface area contributed by atoms with Crippen molar-refractivity contribution >= 4 is 35.1 Å². The summed E-state index contributed by atoms with van der Waals surface area (Å²) in [6.07, 6.45) is 3.63. The molecule has 22 heavy (non-hydrogen) atoms. The minimum atomic E-state index is -0.299. The molecular weight excluding hydrogens is 324 g/mol. The van der Waals surface area contributed by atoms with Crippen molar-refractivity contribution in [3.8, 4) is 5.75 Å². The molecule has 118 valence electrons. The van der Waals surface area contributed by atoms with Gasteiger partial charge in [-0.25, -0.2) is 9.78 Å². The first-order valence-electron chi connectivity index (χ1n) is 6.58. The van der Waals surface area contributed by atoms with Gasteiger partial charge in [0, 0.05) is 37.8 Å². The number of imidazole rings is 1. The molecule has 0 spiro atoms. The number of nitrogens with one attached hydrogen (secondary N) is 2. The molecule has 0 saturated carbocycles. The molecular formula is C14H17ClN4O2S. The summed E-state index contributed by atoms with van der Waals surface area (Å²) in [4.78, 5) is 16.0. The molecule has 1 aromatic heterocycles. The summed E-state index contributed by atoms with van der Waals surface area (Å²) in [7, 11) is 3.49. The number of ether oxygens (including phenoxy) is 1. The van der Waals surface area contributed by atoms with Crippen molar-refractivity contribution in [1.82, 2.24) is 14.9 Å². The molecule has 0 aliphatic carbocycles. The molecule has 6 nitrogen and oxygen atoms in total. The number of benzene rings is 1. The maximum Gasteiger partial charge on any atom is 0.319 e. The number of thioether (sulfide) groups is 1. The number of methoxy groups -OCH3 is 1. The number of halogens is 1. The lowest BCUT2D eigenvalue weighted by atomic mass is 10.3. The van der Waals surface area contributed by atoms with Gasteiger partial charge in [0.1, 0.15) is 5.75 Å². The predicted octanol–water partition coefficient (Wildman–Crippen LogP) is 3.00. The van der Waals surface area contributed by atoms with E-state index in [1.165, 1.54) is 0 Å². The lowest BCUT2D eigenvalue weighted by Gasteiger charge is -2.10. The third kappa shape index (κ3) is 4.57. The third-order valence-corrected chi connectivity index (χ3v) is 4.19. The van der Waals surface area contributed by atoms with Crippen LogP contribution in [0.2, 0.25) is 5.02 Å². The number of carbonyl (C=O) groups excluding carboxylic acids is 1. The summed E-state index contributed by atoms with van der Waals surface area (Å²) in [6.45, 7) is 0.525. The van der Waals surface area contributed by atoms with Gasteiger partial charge in [-0.3, -0.25) is 0 Å². The fourth-order valence-electron chi connectivity index (χ4n) is 1.69. The number of aryl methyl sites for hydroxylation is 1. The van der Waals surface area contributed by atoms with E-state index in [0.29, 0.717) is 23.0 Å². The number of carbonyl (C=O) groups is 1. The zero-order valence-corrected chi connectivity index (χ0v) is 13.9. The van der Waals surface area contributed by atoms with Gasteiger partial charge >= 0.3 is 6.03 Å². The van der Waals surface area contributed by atoms with E-state index in [4.69, 9.17) is 16.3 Å². The Balaban J connectivity index is 1.75. The quantitative estimate of drug-likeness (QED) is 0.626. The van der Waals surface area contributed by atoms with Gasteiger partial charge in [-0.2, -0.15) is 0 Å². The standard InChI is InChI=1S/C14H17ClN4O2S/c1-19-7-5-17-14(19)22-8-6-16-13(20)18-12-4-3-10(21-2)9-11(12)15/h3-5,7,9H,6,8H2,1-2H3,(H2,16,18,20). The van der Waals surface area contributed by atoms with Crippen molar-refractivity contribution in [3.63, 3.8) is 0 Å². The Labute approximate surface area is 138 Å². The molecule has 2 N–H and O–H groups in total. The number of aromatic nitrogens is 2. The molecule has 0 radical (unpaired) electrons. The van der Waals surface area contributed by atoms with Crippen LogP contribution in [-0.4, -0.2) is 35.0 Å². The molecule has 0 aliphatic rings. The summed E-state index contributed by atoms with van der Waals surface area (Å²) in [5, 5.41) is 6.81. The monoisotopic (exact) mass is 340 g/mol. The van der Waals surface area contributed by atoms with E-state index in [0.717, 1.165) is 10.9 Å². The molecule has 0 aliphatic heterocycles. The normalized spacial score (nSPS) is 10.3. The Morgan fingerprint density at radius 2 is 2.32 bits per heavy atom. The predicted molar refractivity (Wildman–Crippen MR) is 89.0 cm³/mol. The molecule has 2 rings (SSSR count). The second kappa shape index (κ2) is 7.95. The van der Waals surface area contributed by atoms with Crippen LogP contribution < -0.4 is 15.4 Å². The lowest BCUT2D eigenvalue weighted by Crippen LogP contribution is -2.30. The van der Waals surface area contributed by atoms with Crippen LogP contribution in [0.5, 0.6) is 5.75 Å². The average molecular weight is 341 g/mol. The molecule has 2 aromatic rings. The summed E-state index contributed by atoms with van der Waals surface area (Å²) in [6, 6.07) is 4.78. The van der Waals surface area contributed by atoms with Crippen LogP contribution in [0.25, 0.3) is 0 Å². The Morgan fingerprint density at radius 3 is 2.95 bits per heavy atom. The van der Waals surface area contributed by atoms with E-state index in [-0.39, 0.29) is 6.03 Å². The van der Waals surface area contributed by atoms with Crippen molar-refractivity contribution in [1.29, 1.82) is 0 Å². The maximum atomic E-state index is 11.8. The van der Waals surface area contributed by atoms with Crippen molar-refractivity contribution in [2.24, 2.45) is 7.05 Å². The first-order valence-corrected chi connectivity index (χ1v) is 7.95. The van der Waals surface area contributed by atoms with E-state index in [1.54, 1.807) is 43.3 Å². The molecule has 8 heteroatoms. The fraction of sp³-hybridized carbons (Fsp3) is 0.286. The highest BCUT2D eigenvalue weighted by molar-refractivity contribution is 7.99. The second-order valence-electron chi connectivity index (χ2n) is 4.40. The van der Waals surface area contributed by atoms with Crippen molar-refractivity contribution < 1.29 is 9.53 Å². The molecule has 0 unspecified atom stereocenters. The fourth-order valence-corrected chi connectivity index (χ4v) is 2.69. The summed E-state index contributed by atoms with van der Waals surface area (Å²) >= 11 is 7.64. The topological polar surface area (TPSA) is 68.2 Å². The van der Waals surface area contributed by atoms with E-state index in [2.05, 4.69) is 15.6 Å². The van der Waals surface area contributed by atoms with Crippen LogP contribution in [-0.2, 0) is 7.05 Å². The maximum absolute atomic E-state index is 11.8. The Bertz CT molecular complexity index is 648. The van der Waals surface area contributed by atoms with Crippen LogP contribution in [0.4, 0.5) is 10.5 Å². The Morgan fingerprint density at radius 1 is 1.50 bits per heavy atom. The summed E-state index contributed by atoms with van der Waals surface area (Å²) < 4.78 is 6.99. The first kappa shape index (κ1) is 16.5. The zero-order chi connectivity index (χ0) is 15.9. The number of urea groups is 1. The van der Waals surface area contributed by atoms with Crippen LogP contribution >= 0.6 is 23.4 Å². The first-order chi connectivity index (χ1) is 10.6. The number of amides is 2. The number of hydrogen-bond donors (Lipinski definition) is 2. The number of hydrogen-bond acceptors (Lipinski definition) is 4. The molecule has 1 aromatic carbocycles. The smallest absolute Gasteiger partial charge is 0.319 e. The van der Waals surface area contributed by atoms with Crippen molar-refractivity contribution in [3.05, 3.63) is 35.6 Å². The number of anilines is 1. The molecule has 0 saturated heterocycles. The lowest BCUT2D eigenvalue weighted by molar-refractivity contribution is 0.252. The van der Waals surface area contributed by atoms with E-state index in [9.17, 15) is 4.79 Å². The zero-order valence-electron chi connectivity index (χ0n) is 12.3. The molecule has 0 atom stereocenters. The van der Waals surface area contributed by atoms with Gasteiger partial charge in [-0.1, -0.05) is 23.4 Å². The van der Waals surface area contributed by atoms with Crippen LogP contribution in [0.1, 0.15) is 0 Å². The van der Waals surface area contributed by atoms with Gasteiger partial charge in [0.25, 0.3) is 0 Å². The highest BCUT2D eigenvalue weighted by Gasteiger charge is 2.07. The highest BCUT2D eigenvalue weighted by Crippen LogP contribution is 2.26. The Hall–Kier alpha value is -1.86. The van der Waals surface area contributed by atoms with Gasteiger partial charge in [0.2, 0.25) is 0 Å². The molecule has 2 amide bonds. The Kier molecular flexibility index (Phi) is 5.97. The van der Waals surface area contributed by atoms with Gasteiger partial charge in [-0.15, -0.1) is 0 Å². The van der Waals surface area contributed by atoms with Gasteiger partial charge in [-0.05, 0) is 12.1 Å².